The molecule has 0 saturated heterocycles. The topological polar surface area (TPSA) is 103 Å². The average molecular weight is 418 g/mol. The highest BCUT2D eigenvalue weighted by molar-refractivity contribution is 8.00. The number of anilines is 1. The van der Waals surface area contributed by atoms with E-state index in [-0.39, 0.29) is 11.6 Å². The first kappa shape index (κ1) is 21.3. The van der Waals surface area contributed by atoms with Crippen LogP contribution >= 0.6 is 11.8 Å². The fourth-order valence-electron chi connectivity index (χ4n) is 3.65. The van der Waals surface area contributed by atoms with Crippen LogP contribution in [0.15, 0.2) is 23.4 Å². The Morgan fingerprint density at radius 3 is 2.72 bits per heavy atom. The highest BCUT2D eigenvalue weighted by Crippen LogP contribution is 2.34. The van der Waals surface area contributed by atoms with Crippen molar-refractivity contribution in [1.29, 1.82) is 0 Å². The number of aryl methyl sites for hydroxylation is 1. The van der Waals surface area contributed by atoms with Crippen molar-refractivity contribution in [3.8, 4) is 0 Å². The number of nitrogens with one attached hydrogen (secondary N) is 1. The summed E-state index contributed by atoms with van der Waals surface area (Å²) in [6, 6.07) is 4.45. The molecule has 0 spiro atoms. The molecule has 1 unspecified atom stereocenters. The molecule has 8 nitrogen and oxygen atoms in total. The summed E-state index contributed by atoms with van der Waals surface area (Å²) < 4.78 is 2.11. The first-order chi connectivity index (χ1) is 13.9. The summed E-state index contributed by atoms with van der Waals surface area (Å²) in [4.78, 5) is 23.2. The van der Waals surface area contributed by atoms with E-state index >= 15 is 0 Å². The number of nitro groups is 1. The molecule has 1 fully saturated rings. The van der Waals surface area contributed by atoms with Gasteiger partial charge in [-0.1, -0.05) is 37.1 Å². The van der Waals surface area contributed by atoms with Crippen molar-refractivity contribution < 1.29 is 9.72 Å². The predicted molar refractivity (Wildman–Crippen MR) is 113 cm³/mol. The highest BCUT2D eigenvalue weighted by atomic mass is 32.2. The molecule has 0 bridgehead atoms. The van der Waals surface area contributed by atoms with Crippen LogP contribution in [-0.4, -0.2) is 30.8 Å². The number of non-ortho nitro benzene ring substituents is 1. The van der Waals surface area contributed by atoms with E-state index in [2.05, 4.69) is 27.0 Å². The van der Waals surface area contributed by atoms with Crippen LogP contribution in [0.3, 0.4) is 0 Å². The van der Waals surface area contributed by atoms with E-state index in [1.165, 1.54) is 43.2 Å². The van der Waals surface area contributed by atoms with Gasteiger partial charge in [-0.3, -0.25) is 14.9 Å². The summed E-state index contributed by atoms with van der Waals surface area (Å²) in [5.41, 5.74) is 1.18. The Balaban J connectivity index is 1.71. The Bertz CT molecular complexity index is 892. The molecule has 1 amide bonds. The van der Waals surface area contributed by atoms with Gasteiger partial charge in [0.05, 0.1) is 15.9 Å². The van der Waals surface area contributed by atoms with Crippen LogP contribution in [-0.2, 0) is 11.3 Å². The second-order valence-electron chi connectivity index (χ2n) is 7.43. The van der Waals surface area contributed by atoms with Gasteiger partial charge >= 0.3 is 0 Å². The smallest absolute Gasteiger partial charge is 0.271 e. The van der Waals surface area contributed by atoms with E-state index in [0.717, 1.165) is 35.9 Å². The van der Waals surface area contributed by atoms with Crippen LogP contribution in [0.2, 0.25) is 0 Å². The number of aromatic nitrogens is 3. The Labute approximate surface area is 174 Å². The number of carbonyl (C=O) groups is 1. The van der Waals surface area contributed by atoms with E-state index in [1.54, 1.807) is 13.0 Å². The van der Waals surface area contributed by atoms with Gasteiger partial charge in [0.15, 0.2) is 5.16 Å². The second-order valence-corrected chi connectivity index (χ2v) is 8.73. The van der Waals surface area contributed by atoms with Crippen molar-refractivity contribution in [2.45, 2.75) is 75.7 Å². The molecule has 1 N–H and O–H groups in total. The fraction of sp³-hybridized carbons (Fsp3) is 0.550. The van der Waals surface area contributed by atoms with Crippen molar-refractivity contribution in [3.63, 3.8) is 0 Å². The van der Waals surface area contributed by atoms with Gasteiger partial charge in [-0.05, 0) is 39.2 Å². The Hall–Kier alpha value is -2.42. The van der Waals surface area contributed by atoms with E-state index in [0.29, 0.717) is 11.6 Å². The van der Waals surface area contributed by atoms with E-state index in [1.807, 2.05) is 6.92 Å². The van der Waals surface area contributed by atoms with Crippen LogP contribution in [0.25, 0.3) is 0 Å². The number of nitrogens with zero attached hydrogens (tertiary/aromatic N) is 4. The number of benzene rings is 1. The zero-order valence-corrected chi connectivity index (χ0v) is 17.9. The largest absolute Gasteiger partial charge is 0.325 e. The number of amides is 1. The van der Waals surface area contributed by atoms with Gasteiger partial charge in [-0.2, -0.15) is 0 Å². The molecule has 1 saturated carbocycles. The zero-order chi connectivity index (χ0) is 21.0. The molecule has 29 heavy (non-hydrogen) atoms. The van der Waals surface area contributed by atoms with Crippen LogP contribution < -0.4 is 5.32 Å². The quantitative estimate of drug-likeness (QED) is 0.398. The van der Waals surface area contributed by atoms with Crippen molar-refractivity contribution in [1.82, 2.24) is 14.8 Å². The summed E-state index contributed by atoms with van der Waals surface area (Å²) in [7, 11) is 0. The summed E-state index contributed by atoms with van der Waals surface area (Å²) in [5, 5.41) is 22.9. The molecule has 2 aromatic rings. The van der Waals surface area contributed by atoms with Crippen LogP contribution in [0.1, 0.15) is 63.3 Å². The molecule has 156 valence electrons. The lowest BCUT2D eigenvalue weighted by Gasteiger charge is -2.21. The Morgan fingerprint density at radius 1 is 1.34 bits per heavy atom. The maximum Gasteiger partial charge on any atom is 0.271 e. The molecule has 1 aromatic heterocycles. The van der Waals surface area contributed by atoms with Gasteiger partial charge in [0.25, 0.3) is 5.69 Å². The molecule has 1 aliphatic rings. The molecule has 3 rings (SSSR count). The third-order valence-electron chi connectivity index (χ3n) is 5.37. The molecule has 1 atom stereocenters. The van der Waals surface area contributed by atoms with Gasteiger partial charge in [-0.25, -0.2) is 0 Å². The Morgan fingerprint density at radius 2 is 2.07 bits per heavy atom. The summed E-state index contributed by atoms with van der Waals surface area (Å²) in [5.74, 6) is 1.25. The van der Waals surface area contributed by atoms with E-state index in [4.69, 9.17) is 0 Å². The minimum absolute atomic E-state index is 0.0472. The van der Waals surface area contributed by atoms with Crippen LogP contribution in [0.4, 0.5) is 11.4 Å². The number of carbonyl (C=O) groups excluding carboxylic acids is 1. The minimum Gasteiger partial charge on any atom is -0.325 e. The molecule has 0 aliphatic heterocycles. The van der Waals surface area contributed by atoms with Gasteiger partial charge in [0, 0.05) is 24.6 Å². The predicted octanol–water partition coefficient (Wildman–Crippen LogP) is 4.68. The van der Waals surface area contributed by atoms with Crippen molar-refractivity contribution in [2.24, 2.45) is 0 Å². The number of hydrogen-bond acceptors (Lipinski definition) is 6. The van der Waals surface area contributed by atoms with Crippen molar-refractivity contribution >= 4 is 29.0 Å². The maximum absolute atomic E-state index is 12.7. The fourth-order valence-corrected chi connectivity index (χ4v) is 4.57. The number of nitro benzene ring substituents is 1. The van der Waals surface area contributed by atoms with Gasteiger partial charge in [0.1, 0.15) is 5.82 Å². The average Bonchev–Trinajstić information content (AvgIpc) is 3.12. The highest BCUT2D eigenvalue weighted by Gasteiger charge is 2.25. The summed E-state index contributed by atoms with van der Waals surface area (Å²) >= 11 is 1.37. The number of hydrogen-bond donors (Lipinski definition) is 1. The lowest BCUT2D eigenvalue weighted by molar-refractivity contribution is -0.384. The molecule has 1 aromatic carbocycles. The first-order valence-corrected chi connectivity index (χ1v) is 10.9. The third-order valence-corrected chi connectivity index (χ3v) is 6.45. The summed E-state index contributed by atoms with van der Waals surface area (Å²) in [6.07, 6.45) is 6.03. The third kappa shape index (κ3) is 4.95. The van der Waals surface area contributed by atoms with Crippen LogP contribution in [0, 0.1) is 17.0 Å². The lowest BCUT2D eigenvalue weighted by atomic mass is 9.89. The SMILES string of the molecule is CCn1c(SC(C)C(=O)Nc2cc([N+](=O)[O-])ccc2C)nnc1C1CCCCC1. The number of thioether (sulfide) groups is 1. The summed E-state index contributed by atoms with van der Waals surface area (Å²) in [6.45, 7) is 6.44. The first-order valence-electron chi connectivity index (χ1n) is 10.1. The van der Waals surface area contributed by atoms with Crippen molar-refractivity contribution in [2.75, 3.05) is 5.32 Å². The molecule has 9 heteroatoms. The van der Waals surface area contributed by atoms with E-state index in [9.17, 15) is 14.9 Å². The molecular weight excluding hydrogens is 390 g/mol. The second kappa shape index (κ2) is 9.39. The van der Waals surface area contributed by atoms with Gasteiger partial charge < -0.3 is 9.88 Å². The molecule has 1 aliphatic carbocycles. The molecule has 0 radical (unpaired) electrons. The monoisotopic (exact) mass is 417 g/mol. The standard InChI is InChI=1S/C20H27N5O3S/c1-4-24-18(15-8-6-5-7-9-15)22-23-20(24)29-14(3)19(26)21-17-12-16(25(27)28)11-10-13(17)2/h10-12,14-15H,4-9H2,1-3H3,(H,21,26). The molecule has 1 heterocycles. The maximum atomic E-state index is 12.7. The molecular formula is C20H27N5O3S. The lowest BCUT2D eigenvalue weighted by Crippen LogP contribution is -2.23. The zero-order valence-electron chi connectivity index (χ0n) is 17.1. The Kier molecular flexibility index (Phi) is 6.89. The van der Waals surface area contributed by atoms with E-state index < -0.39 is 10.2 Å². The normalized spacial score (nSPS) is 15.8. The van der Waals surface area contributed by atoms with Crippen molar-refractivity contribution in [3.05, 3.63) is 39.7 Å². The van der Waals surface area contributed by atoms with Gasteiger partial charge in [0.2, 0.25) is 5.91 Å². The van der Waals surface area contributed by atoms with Crippen LogP contribution in [0.5, 0.6) is 0 Å². The number of rotatable bonds is 7. The minimum atomic E-state index is -0.468. The van der Waals surface area contributed by atoms with Gasteiger partial charge in [-0.15, -0.1) is 10.2 Å².